The van der Waals surface area contributed by atoms with Gasteiger partial charge in [-0.2, -0.15) is 0 Å². The zero-order valence-corrected chi connectivity index (χ0v) is 19.8. The molecular formula is C22H19Cl3FN3O2S. The number of carbonyl (C=O) groups is 2. The number of amides is 2. The highest BCUT2D eigenvalue weighted by molar-refractivity contribution is 8.18. The molecule has 2 heterocycles. The number of piperazine rings is 1. The van der Waals surface area contributed by atoms with Gasteiger partial charge in [0.2, 0.25) is 3.79 Å². The number of hydrogen-bond donors (Lipinski definition) is 0. The van der Waals surface area contributed by atoms with Crippen molar-refractivity contribution in [2.45, 2.75) is 9.96 Å². The van der Waals surface area contributed by atoms with Crippen LogP contribution < -0.4 is 4.90 Å². The van der Waals surface area contributed by atoms with Gasteiger partial charge in [-0.25, -0.2) is 9.29 Å². The normalized spacial score (nSPS) is 20.3. The summed E-state index contributed by atoms with van der Waals surface area (Å²) < 4.78 is 12.1. The Morgan fingerprint density at radius 1 is 0.938 bits per heavy atom. The largest absolute Gasteiger partial charge is 0.369 e. The van der Waals surface area contributed by atoms with E-state index in [9.17, 15) is 14.0 Å². The molecule has 2 aromatic rings. The molecule has 2 aliphatic heterocycles. The van der Waals surface area contributed by atoms with E-state index in [1.807, 2.05) is 35.2 Å². The molecule has 0 spiro atoms. The predicted molar refractivity (Wildman–Crippen MR) is 129 cm³/mol. The number of halogens is 4. The summed E-state index contributed by atoms with van der Waals surface area (Å²) in [5.74, 6) is -1.10. The highest BCUT2D eigenvalue weighted by Gasteiger charge is 2.51. The van der Waals surface area contributed by atoms with Gasteiger partial charge >= 0.3 is 0 Å². The van der Waals surface area contributed by atoms with Crippen LogP contribution in [0.3, 0.4) is 0 Å². The summed E-state index contributed by atoms with van der Waals surface area (Å²) in [6.07, 6.45) is 0.271. The Morgan fingerprint density at radius 2 is 1.56 bits per heavy atom. The third kappa shape index (κ3) is 4.92. The fourth-order valence-corrected chi connectivity index (χ4v) is 5.35. The maximum absolute atomic E-state index is 14.0. The van der Waals surface area contributed by atoms with Crippen molar-refractivity contribution in [3.8, 4) is 0 Å². The minimum Gasteiger partial charge on any atom is -0.369 e. The number of thioether (sulfide) groups is 1. The Balaban J connectivity index is 1.56. The number of hydrogen-bond acceptors (Lipinski definition) is 5. The minimum absolute atomic E-state index is 0.0854. The molecule has 0 N–H and O–H groups in total. The van der Waals surface area contributed by atoms with Crippen LogP contribution in [0.1, 0.15) is 5.56 Å². The van der Waals surface area contributed by atoms with Gasteiger partial charge < -0.3 is 4.90 Å². The molecule has 168 valence electrons. The van der Waals surface area contributed by atoms with E-state index in [1.165, 1.54) is 18.2 Å². The van der Waals surface area contributed by atoms with E-state index in [0.29, 0.717) is 37.9 Å². The highest BCUT2D eigenvalue weighted by atomic mass is 35.6. The molecule has 0 bridgehead atoms. The molecule has 2 amide bonds. The molecule has 0 aliphatic carbocycles. The van der Waals surface area contributed by atoms with E-state index < -0.39 is 26.9 Å². The number of alkyl halides is 3. The van der Waals surface area contributed by atoms with E-state index in [1.54, 1.807) is 12.1 Å². The summed E-state index contributed by atoms with van der Waals surface area (Å²) in [6.45, 7) is 2.26. The lowest BCUT2D eigenvalue weighted by Gasteiger charge is -2.44. The van der Waals surface area contributed by atoms with E-state index in [-0.39, 0.29) is 10.5 Å². The number of para-hydroxylation sites is 1. The molecule has 4 rings (SSSR count). The van der Waals surface area contributed by atoms with Crippen LogP contribution in [0.4, 0.5) is 14.9 Å². The smallest absolute Gasteiger partial charge is 0.295 e. The Labute approximate surface area is 204 Å². The summed E-state index contributed by atoms with van der Waals surface area (Å²) in [5.41, 5.74) is 1.29. The predicted octanol–water partition coefficient (Wildman–Crippen LogP) is 5.38. The first-order valence-corrected chi connectivity index (χ1v) is 11.8. The van der Waals surface area contributed by atoms with Crippen LogP contribution in [0.2, 0.25) is 0 Å². The lowest BCUT2D eigenvalue weighted by molar-refractivity contribution is -0.127. The summed E-state index contributed by atoms with van der Waals surface area (Å²) >= 11 is 19.5. The quantitative estimate of drug-likeness (QED) is 0.405. The third-order valence-corrected chi connectivity index (χ3v) is 6.80. The monoisotopic (exact) mass is 513 g/mol. The number of anilines is 1. The van der Waals surface area contributed by atoms with Gasteiger partial charge in [0.25, 0.3) is 11.1 Å². The summed E-state index contributed by atoms with van der Waals surface area (Å²) in [5, 5.41) is -0.556. The van der Waals surface area contributed by atoms with Crippen molar-refractivity contribution in [3.05, 3.63) is 70.9 Å². The zero-order chi connectivity index (χ0) is 22.9. The fraction of sp³-hybridized carbons (Fsp3) is 0.273. The summed E-state index contributed by atoms with van der Waals surface area (Å²) in [7, 11) is 0. The first-order valence-electron chi connectivity index (χ1n) is 9.88. The molecule has 0 unspecified atom stereocenters. The van der Waals surface area contributed by atoms with Gasteiger partial charge in [-0.1, -0.05) is 71.2 Å². The molecule has 10 heteroatoms. The lowest BCUT2D eigenvalue weighted by atomic mass is 10.2. The average Bonchev–Trinajstić information content (AvgIpc) is 3.03. The van der Waals surface area contributed by atoms with Crippen LogP contribution in [0.15, 0.2) is 59.5 Å². The highest BCUT2D eigenvalue weighted by Crippen LogP contribution is 2.42. The third-order valence-electron chi connectivity index (χ3n) is 5.33. The van der Waals surface area contributed by atoms with Gasteiger partial charge in [-0.05, 0) is 36.0 Å². The van der Waals surface area contributed by atoms with Crippen LogP contribution in [-0.4, -0.2) is 57.1 Å². The van der Waals surface area contributed by atoms with Crippen molar-refractivity contribution in [1.82, 2.24) is 9.80 Å². The molecule has 0 radical (unpaired) electrons. The van der Waals surface area contributed by atoms with Gasteiger partial charge in [0.05, 0.1) is 4.91 Å². The summed E-state index contributed by atoms with van der Waals surface area (Å²) in [4.78, 5) is 31.0. The molecular weight excluding hydrogens is 496 g/mol. The number of benzene rings is 2. The number of nitrogens with zero attached hydrogens (tertiary/aromatic N) is 3. The molecule has 0 aromatic heterocycles. The Hall–Kier alpha value is -1.77. The van der Waals surface area contributed by atoms with Crippen molar-refractivity contribution >= 4 is 69.5 Å². The molecule has 5 nitrogen and oxygen atoms in total. The van der Waals surface area contributed by atoms with Crippen molar-refractivity contribution in [2.24, 2.45) is 0 Å². The first kappa shape index (κ1) is 23.4. The second kappa shape index (κ2) is 9.61. The van der Waals surface area contributed by atoms with Crippen LogP contribution in [-0.2, 0) is 4.79 Å². The second-order valence-corrected chi connectivity index (χ2v) is 10.7. The van der Waals surface area contributed by atoms with Gasteiger partial charge in [0.1, 0.15) is 12.0 Å². The standard InChI is InChI=1S/C22H19Cl3FN3O2S/c23-22(24,25)20(28-12-10-27(11-13-28)16-7-2-1-3-8-16)29-19(30)18(32-21(29)31)14-15-6-4-5-9-17(15)26/h1-9,14,20H,10-13H2/b18-14-/t20-/m1/s1. The lowest BCUT2D eigenvalue weighted by Crippen LogP contribution is -2.61. The van der Waals surface area contributed by atoms with E-state index in [2.05, 4.69) is 4.90 Å². The van der Waals surface area contributed by atoms with Gasteiger partial charge in [-0.3, -0.25) is 14.5 Å². The molecule has 2 saturated heterocycles. The topological polar surface area (TPSA) is 43.9 Å². The van der Waals surface area contributed by atoms with E-state index in [4.69, 9.17) is 34.8 Å². The molecule has 2 aliphatic rings. The maximum atomic E-state index is 14.0. The Kier molecular flexibility index (Phi) is 7.03. The van der Waals surface area contributed by atoms with Crippen LogP contribution >= 0.6 is 46.6 Å². The average molecular weight is 515 g/mol. The molecule has 32 heavy (non-hydrogen) atoms. The first-order chi connectivity index (χ1) is 15.3. The number of rotatable bonds is 4. The molecule has 0 saturated carbocycles. The van der Waals surface area contributed by atoms with Crippen molar-refractivity contribution in [2.75, 3.05) is 31.1 Å². The van der Waals surface area contributed by atoms with Crippen molar-refractivity contribution in [3.63, 3.8) is 0 Å². The van der Waals surface area contributed by atoms with Crippen LogP contribution in [0, 0.1) is 5.82 Å². The van der Waals surface area contributed by atoms with Gasteiger partial charge in [-0.15, -0.1) is 0 Å². The maximum Gasteiger partial charge on any atom is 0.295 e. The van der Waals surface area contributed by atoms with Gasteiger partial charge in [0, 0.05) is 37.4 Å². The van der Waals surface area contributed by atoms with Crippen molar-refractivity contribution in [1.29, 1.82) is 0 Å². The number of carbonyl (C=O) groups excluding carboxylic acids is 2. The minimum atomic E-state index is -1.92. The van der Waals surface area contributed by atoms with E-state index in [0.717, 1.165) is 10.6 Å². The van der Waals surface area contributed by atoms with Gasteiger partial charge in [0.15, 0.2) is 0 Å². The van der Waals surface area contributed by atoms with E-state index >= 15 is 0 Å². The summed E-state index contributed by atoms with van der Waals surface area (Å²) in [6, 6.07) is 15.9. The molecule has 2 aromatic carbocycles. The molecule has 2 fully saturated rings. The Bertz CT molecular complexity index is 1040. The van der Waals surface area contributed by atoms with Crippen molar-refractivity contribution < 1.29 is 14.0 Å². The van der Waals surface area contributed by atoms with Crippen LogP contribution in [0.25, 0.3) is 6.08 Å². The fourth-order valence-electron chi connectivity index (χ4n) is 3.80. The Morgan fingerprint density at radius 3 is 2.19 bits per heavy atom. The van der Waals surface area contributed by atoms with Crippen LogP contribution in [0.5, 0.6) is 0 Å². The molecule has 1 atom stereocenters. The second-order valence-electron chi connectivity index (χ2n) is 7.35. The SMILES string of the molecule is O=C1S/C(=C\c2ccccc2F)C(=O)N1[C@@H](N1CCN(c2ccccc2)CC1)C(Cl)(Cl)Cl. The number of imide groups is 1. The zero-order valence-electron chi connectivity index (χ0n) is 16.8.